The number of nitrogens with one attached hydrogen (secondary N) is 1. The van der Waals surface area contributed by atoms with Crippen LogP contribution in [0.3, 0.4) is 0 Å². The first-order valence-corrected chi connectivity index (χ1v) is 7.98. The Balaban J connectivity index is 1.58. The molecular weight excluding hydrogens is 304 g/mol. The number of furan rings is 1. The number of aliphatic carboxylic acids is 1. The summed E-state index contributed by atoms with van der Waals surface area (Å²) in [4.78, 5) is 27.9. The molecule has 1 fully saturated rings. The van der Waals surface area contributed by atoms with Crippen molar-refractivity contribution < 1.29 is 19.1 Å². The fourth-order valence-corrected chi connectivity index (χ4v) is 3.42. The van der Waals surface area contributed by atoms with Crippen molar-refractivity contribution in [1.82, 2.24) is 10.3 Å². The summed E-state index contributed by atoms with van der Waals surface area (Å²) < 4.78 is 5.26. The summed E-state index contributed by atoms with van der Waals surface area (Å²) in [6.45, 7) is 0. The first kappa shape index (κ1) is 14.8. The molecule has 0 spiro atoms. The molecule has 0 bridgehead atoms. The number of thiazole rings is 1. The molecule has 0 unspecified atom stereocenters. The summed E-state index contributed by atoms with van der Waals surface area (Å²) in [6, 6.07) is 3.61. The van der Waals surface area contributed by atoms with Gasteiger partial charge < -0.3 is 14.8 Å². The first-order valence-electron chi connectivity index (χ1n) is 7.17. The molecule has 1 aliphatic rings. The maximum Gasteiger partial charge on any atom is 0.306 e. The van der Waals surface area contributed by atoms with E-state index in [0.717, 1.165) is 0 Å². The third-order valence-electron chi connectivity index (χ3n) is 3.87. The van der Waals surface area contributed by atoms with E-state index in [1.54, 1.807) is 24.6 Å². The maximum atomic E-state index is 12.2. The zero-order valence-corrected chi connectivity index (χ0v) is 12.6. The Morgan fingerprint density at radius 1 is 1.32 bits per heavy atom. The number of amides is 1. The first-order chi connectivity index (χ1) is 10.6. The molecule has 6 nitrogen and oxygen atoms in total. The molecule has 3 rings (SSSR count). The lowest BCUT2D eigenvalue weighted by atomic mass is 9.86. The van der Waals surface area contributed by atoms with Gasteiger partial charge in [0.1, 0.15) is 4.88 Å². The van der Waals surface area contributed by atoms with E-state index in [2.05, 4.69) is 10.3 Å². The molecule has 1 saturated carbocycles. The third kappa shape index (κ3) is 3.19. The van der Waals surface area contributed by atoms with Gasteiger partial charge in [0.2, 0.25) is 0 Å². The lowest BCUT2D eigenvalue weighted by molar-refractivity contribution is -0.142. The van der Waals surface area contributed by atoms with E-state index in [-0.39, 0.29) is 17.9 Å². The fourth-order valence-electron chi connectivity index (χ4n) is 2.63. The van der Waals surface area contributed by atoms with E-state index in [4.69, 9.17) is 9.52 Å². The van der Waals surface area contributed by atoms with E-state index >= 15 is 0 Å². The highest BCUT2D eigenvalue weighted by Crippen LogP contribution is 2.27. The molecule has 0 aromatic carbocycles. The Bertz CT molecular complexity index is 657. The van der Waals surface area contributed by atoms with Crippen molar-refractivity contribution in [1.29, 1.82) is 0 Å². The Hall–Kier alpha value is -2.15. The minimum Gasteiger partial charge on any atom is -0.481 e. The number of hydrogen-bond donors (Lipinski definition) is 2. The smallest absolute Gasteiger partial charge is 0.306 e. The average molecular weight is 320 g/mol. The normalized spacial score (nSPS) is 21.5. The number of rotatable bonds is 4. The summed E-state index contributed by atoms with van der Waals surface area (Å²) in [6.07, 6.45) is 5.73. The van der Waals surface area contributed by atoms with Gasteiger partial charge in [-0.25, -0.2) is 4.98 Å². The van der Waals surface area contributed by atoms with Crippen molar-refractivity contribution in [3.63, 3.8) is 0 Å². The number of carboxylic acids is 1. The van der Waals surface area contributed by atoms with E-state index in [9.17, 15) is 9.59 Å². The van der Waals surface area contributed by atoms with Gasteiger partial charge in [0.25, 0.3) is 5.91 Å². The highest BCUT2D eigenvalue weighted by molar-refractivity contribution is 7.16. The van der Waals surface area contributed by atoms with E-state index in [0.29, 0.717) is 41.3 Å². The second-order valence-electron chi connectivity index (χ2n) is 5.37. The number of hydrogen-bond acceptors (Lipinski definition) is 5. The highest BCUT2D eigenvalue weighted by atomic mass is 32.1. The van der Waals surface area contributed by atoms with E-state index < -0.39 is 5.97 Å². The number of carbonyl (C=O) groups excluding carboxylic acids is 1. The molecular formula is C15H16N2O4S. The molecule has 2 aromatic rings. The molecule has 1 aliphatic carbocycles. The molecule has 1 amide bonds. The van der Waals surface area contributed by atoms with Crippen LogP contribution in [-0.2, 0) is 4.79 Å². The van der Waals surface area contributed by atoms with Crippen LogP contribution in [0.15, 0.2) is 29.0 Å². The maximum absolute atomic E-state index is 12.2. The predicted molar refractivity (Wildman–Crippen MR) is 80.7 cm³/mol. The largest absolute Gasteiger partial charge is 0.481 e. The van der Waals surface area contributed by atoms with Crippen LogP contribution in [0, 0.1) is 5.92 Å². The summed E-state index contributed by atoms with van der Waals surface area (Å²) in [5, 5.41) is 12.6. The second kappa shape index (κ2) is 6.31. The summed E-state index contributed by atoms with van der Waals surface area (Å²) in [5.74, 6) is -0.530. The van der Waals surface area contributed by atoms with Gasteiger partial charge in [0.05, 0.1) is 18.4 Å². The average Bonchev–Trinajstić information content (AvgIpc) is 3.19. The molecule has 2 heterocycles. The quantitative estimate of drug-likeness (QED) is 0.903. The molecule has 0 radical (unpaired) electrons. The van der Waals surface area contributed by atoms with Gasteiger partial charge in [-0.05, 0) is 37.8 Å². The summed E-state index contributed by atoms with van der Waals surface area (Å²) in [7, 11) is 0. The van der Waals surface area contributed by atoms with Crippen LogP contribution >= 0.6 is 11.3 Å². The van der Waals surface area contributed by atoms with Crippen molar-refractivity contribution in [3.05, 3.63) is 29.5 Å². The monoisotopic (exact) mass is 320 g/mol. The van der Waals surface area contributed by atoms with Gasteiger partial charge in [-0.1, -0.05) is 0 Å². The lowest BCUT2D eigenvalue weighted by Gasteiger charge is -2.26. The van der Waals surface area contributed by atoms with E-state index in [1.165, 1.54) is 11.3 Å². The molecule has 0 atom stereocenters. The van der Waals surface area contributed by atoms with Crippen molar-refractivity contribution >= 4 is 23.2 Å². The molecule has 0 aliphatic heterocycles. The van der Waals surface area contributed by atoms with Crippen LogP contribution in [0.2, 0.25) is 0 Å². The van der Waals surface area contributed by atoms with Crippen LogP contribution in [0.5, 0.6) is 0 Å². The van der Waals surface area contributed by atoms with Gasteiger partial charge in [0, 0.05) is 6.04 Å². The zero-order chi connectivity index (χ0) is 15.5. The summed E-state index contributed by atoms with van der Waals surface area (Å²) in [5.41, 5.74) is 0. The van der Waals surface area contributed by atoms with Crippen molar-refractivity contribution in [2.75, 3.05) is 0 Å². The highest BCUT2D eigenvalue weighted by Gasteiger charge is 2.27. The second-order valence-corrected chi connectivity index (χ2v) is 6.40. The topological polar surface area (TPSA) is 92.4 Å². The number of carbonyl (C=O) groups is 2. The van der Waals surface area contributed by atoms with Crippen LogP contribution in [0.1, 0.15) is 35.4 Å². The molecule has 2 aromatic heterocycles. The Morgan fingerprint density at radius 3 is 2.73 bits per heavy atom. The molecule has 22 heavy (non-hydrogen) atoms. The van der Waals surface area contributed by atoms with Crippen LogP contribution < -0.4 is 5.32 Å². The van der Waals surface area contributed by atoms with Crippen molar-refractivity contribution in [2.45, 2.75) is 31.7 Å². The minimum absolute atomic E-state index is 0.0391. The summed E-state index contributed by atoms with van der Waals surface area (Å²) >= 11 is 1.28. The third-order valence-corrected chi connectivity index (χ3v) is 4.88. The van der Waals surface area contributed by atoms with Crippen LogP contribution in [-0.4, -0.2) is 28.0 Å². The van der Waals surface area contributed by atoms with Gasteiger partial charge >= 0.3 is 5.97 Å². The molecule has 0 saturated heterocycles. The Morgan fingerprint density at radius 2 is 2.09 bits per heavy atom. The zero-order valence-electron chi connectivity index (χ0n) is 11.8. The number of nitrogens with zero attached hydrogens (tertiary/aromatic N) is 1. The number of aromatic nitrogens is 1. The lowest BCUT2D eigenvalue weighted by Crippen LogP contribution is -2.38. The van der Waals surface area contributed by atoms with E-state index in [1.807, 2.05) is 0 Å². The molecule has 7 heteroatoms. The fraction of sp³-hybridized carbons (Fsp3) is 0.400. The van der Waals surface area contributed by atoms with Crippen LogP contribution in [0.4, 0.5) is 0 Å². The number of carboxylic acid groups (broad SMARTS) is 1. The van der Waals surface area contributed by atoms with Crippen molar-refractivity contribution in [3.8, 4) is 10.8 Å². The van der Waals surface area contributed by atoms with Gasteiger partial charge in [-0.15, -0.1) is 11.3 Å². The molecule has 2 N–H and O–H groups in total. The van der Waals surface area contributed by atoms with Gasteiger partial charge in [0.15, 0.2) is 10.8 Å². The Kier molecular flexibility index (Phi) is 4.24. The van der Waals surface area contributed by atoms with Crippen LogP contribution in [0.25, 0.3) is 10.8 Å². The van der Waals surface area contributed by atoms with Crippen molar-refractivity contribution in [2.24, 2.45) is 5.92 Å². The SMILES string of the molecule is O=C(NC1CCC(C(=O)O)CC1)c1cnc(-c2ccco2)s1. The van der Waals surface area contributed by atoms with Gasteiger partial charge in [-0.3, -0.25) is 9.59 Å². The minimum atomic E-state index is -0.740. The Labute approximate surface area is 131 Å². The predicted octanol–water partition coefficient (Wildman–Crippen LogP) is 2.78. The molecule has 116 valence electrons. The van der Waals surface area contributed by atoms with Gasteiger partial charge in [-0.2, -0.15) is 0 Å². The standard InChI is InChI=1S/C15H16N2O4S/c18-13(17-10-5-3-9(4-6-10)15(19)20)12-8-16-14(22-12)11-2-1-7-21-11/h1-2,7-10H,3-6H2,(H,17,18)(H,19,20).